The molecule has 1 aliphatic heterocycles. The lowest BCUT2D eigenvalue weighted by Crippen LogP contribution is -2.53. The van der Waals surface area contributed by atoms with E-state index < -0.39 is 16.8 Å². The van der Waals surface area contributed by atoms with Crippen LogP contribution in [0.2, 0.25) is 0 Å². The maximum Gasteiger partial charge on any atom is 0.315 e. The number of nitrogens with one attached hydrogen (secondary N) is 1. The van der Waals surface area contributed by atoms with Gasteiger partial charge in [-0.1, -0.05) is 67.1 Å². The second-order valence-electron chi connectivity index (χ2n) is 7.85. The first-order chi connectivity index (χ1) is 13.9. The maximum absolute atomic E-state index is 13.5. The predicted octanol–water partition coefficient (Wildman–Crippen LogP) is 3.59. The summed E-state index contributed by atoms with van der Waals surface area (Å²) in [5.74, 6) is -1.05. The monoisotopic (exact) mass is 395 g/mol. The zero-order valence-electron chi connectivity index (χ0n) is 17.1. The maximum atomic E-state index is 13.5. The molecular formula is C24H29NO4. The standard InChI is InChI=1S/C24H29NO4/c1-3-23(22(27)28,19-7-5-4-6-8-19)17-25-21(26)24(13-15-29-16-14-24)20-11-9-18(2)10-12-20/h4-12H,3,13-17H2,1-2H3,(H,25,26)(H,27,28). The number of rotatable bonds is 7. The third-order valence-corrected chi connectivity index (χ3v) is 6.28. The second-order valence-corrected chi connectivity index (χ2v) is 7.85. The lowest BCUT2D eigenvalue weighted by molar-refractivity contribution is -0.144. The van der Waals surface area contributed by atoms with E-state index in [1.54, 1.807) is 0 Å². The van der Waals surface area contributed by atoms with Gasteiger partial charge in [0, 0.05) is 19.8 Å². The van der Waals surface area contributed by atoms with Crippen molar-refractivity contribution in [3.8, 4) is 0 Å². The summed E-state index contributed by atoms with van der Waals surface area (Å²) in [6.07, 6.45) is 1.55. The summed E-state index contributed by atoms with van der Waals surface area (Å²) in [7, 11) is 0. The number of benzene rings is 2. The molecule has 0 radical (unpaired) electrons. The highest BCUT2D eigenvalue weighted by molar-refractivity contribution is 5.90. The van der Waals surface area contributed by atoms with Crippen LogP contribution in [0.3, 0.4) is 0 Å². The van der Waals surface area contributed by atoms with E-state index in [1.807, 2.05) is 68.4 Å². The minimum atomic E-state index is -1.16. The highest BCUT2D eigenvalue weighted by Gasteiger charge is 2.44. The van der Waals surface area contributed by atoms with Gasteiger partial charge in [0.25, 0.3) is 0 Å². The van der Waals surface area contributed by atoms with E-state index in [4.69, 9.17) is 4.74 Å². The molecule has 1 heterocycles. The Labute approximate surface area is 172 Å². The normalized spacial score (nSPS) is 17.9. The Morgan fingerprint density at radius 1 is 1.07 bits per heavy atom. The summed E-state index contributed by atoms with van der Waals surface area (Å²) in [4.78, 5) is 25.7. The van der Waals surface area contributed by atoms with Crippen molar-refractivity contribution >= 4 is 11.9 Å². The fourth-order valence-corrected chi connectivity index (χ4v) is 4.18. The number of hydrogen-bond acceptors (Lipinski definition) is 3. The van der Waals surface area contributed by atoms with Gasteiger partial charge in [-0.05, 0) is 37.3 Å². The molecule has 0 aromatic heterocycles. The number of aliphatic carboxylic acids is 1. The third-order valence-electron chi connectivity index (χ3n) is 6.28. The Morgan fingerprint density at radius 3 is 2.24 bits per heavy atom. The summed E-state index contributed by atoms with van der Waals surface area (Å²) in [6.45, 7) is 4.94. The number of ether oxygens (including phenoxy) is 1. The van der Waals surface area contributed by atoms with Gasteiger partial charge in [-0.3, -0.25) is 9.59 Å². The molecule has 1 amide bonds. The highest BCUT2D eigenvalue weighted by atomic mass is 16.5. The van der Waals surface area contributed by atoms with Crippen LogP contribution in [0.1, 0.15) is 42.9 Å². The van der Waals surface area contributed by atoms with Gasteiger partial charge in [0.15, 0.2) is 0 Å². The molecule has 1 saturated heterocycles. The van der Waals surface area contributed by atoms with Gasteiger partial charge < -0.3 is 15.2 Å². The fourth-order valence-electron chi connectivity index (χ4n) is 4.18. The number of carbonyl (C=O) groups is 2. The Morgan fingerprint density at radius 2 is 1.69 bits per heavy atom. The molecule has 0 aliphatic carbocycles. The van der Waals surface area contributed by atoms with Gasteiger partial charge in [-0.15, -0.1) is 0 Å². The molecule has 1 fully saturated rings. The lowest BCUT2D eigenvalue weighted by Gasteiger charge is -2.38. The molecule has 0 saturated carbocycles. The van der Waals surface area contributed by atoms with E-state index in [0.29, 0.717) is 38.0 Å². The van der Waals surface area contributed by atoms with Gasteiger partial charge in [0.1, 0.15) is 5.41 Å². The molecule has 5 nitrogen and oxygen atoms in total. The molecule has 154 valence electrons. The number of carboxylic acids is 1. The lowest BCUT2D eigenvalue weighted by atomic mass is 9.72. The van der Waals surface area contributed by atoms with Crippen LogP contribution in [0.5, 0.6) is 0 Å². The molecule has 2 aromatic carbocycles. The van der Waals surface area contributed by atoms with Crippen LogP contribution in [0.15, 0.2) is 54.6 Å². The Bertz CT molecular complexity index is 841. The van der Waals surface area contributed by atoms with Crippen molar-refractivity contribution in [1.82, 2.24) is 5.32 Å². The minimum Gasteiger partial charge on any atom is -0.481 e. The number of hydrogen-bond donors (Lipinski definition) is 2. The Kier molecular flexibility index (Phi) is 6.38. The third kappa shape index (κ3) is 4.06. The van der Waals surface area contributed by atoms with E-state index in [2.05, 4.69) is 5.32 Å². The first kappa shape index (κ1) is 21.1. The van der Waals surface area contributed by atoms with Crippen molar-refractivity contribution in [2.24, 2.45) is 0 Å². The Balaban J connectivity index is 1.89. The van der Waals surface area contributed by atoms with E-state index in [1.165, 1.54) is 0 Å². The average Bonchev–Trinajstić information content (AvgIpc) is 2.76. The van der Waals surface area contributed by atoms with Crippen molar-refractivity contribution in [2.45, 2.75) is 43.9 Å². The highest BCUT2D eigenvalue weighted by Crippen LogP contribution is 2.36. The van der Waals surface area contributed by atoms with Crippen molar-refractivity contribution in [3.05, 3.63) is 71.3 Å². The molecular weight excluding hydrogens is 366 g/mol. The molecule has 1 atom stereocenters. The molecule has 2 N–H and O–H groups in total. The van der Waals surface area contributed by atoms with Crippen LogP contribution < -0.4 is 5.32 Å². The molecule has 5 heteroatoms. The van der Waals surface area contributed by atoms with Crippen LogP contribution in [0.4, 0.5) is 0 Å². The second kappa shape index (κ2) is 8.78. The van der Waals surface area contributed by atoms with Crippen molar-refractivity contribution in [2.75, 3.05) is 19.8 Å². The molecule has 0 bridgehead atoms. The number of amides is 1. The summed E-state index contributed by atoms with van der Waals surface area (Å²) in [5.41, 5.74) is 0.945. The largest absolute Gasteiger partial charge is 0.481 e. The zero-order valence-corrected chi connectivity index (χ0v) is 17.1. The fraction of sp³-hybridized carbons (Fsp3) is 0.417. The van der Waals surface area contributed by atoms with Gasteiger partial charge in [0.2, 0.25) is 5.91 Å². The van der Waals surface area contributed by atoms with Gasteiger partial charge in [-0.2, -0.15) is 0 Å². The van der Waals surface area contributed by atoms with Crippen LogP contribution in [-0.4, -0.2) is 36.7 Å². The molecule has 2 aromatic rings. The van der Waals surface area contributed by atoms with Crippen LogP contribution in [-0.2, 0) is 25.2 Å². The molecule has 29 heavy (non-hydrogen) atoms. The summed E-state index contributed by atoms with van der Waals surface area (Å²) in [6, 6.07) is 17.2. The summed E-state index contributed by atoms with van der Waals surface area (Å²) >= 11 is 0. The number of carboxylic acid groups (broad SMARTS) is 1. The van der Waals surface area contributed by atoms with Gasteiger partial charge in [0.05, 0.1) is 5.41 Å². The molecule has 3 rings (SSSR count). The van der Waals surface area contributed by atoms with E-state index in [9.17, 15) is 14.7 Å². The number of aryl methyl sites for hydroxylation is 1. The Hall–Kier alpha value is -2.66. The number of carbonyl (C=O) groups excluding carboxylic acids is 1. The van der Waals surface area contributed by atoms with Gasteiger partial charge >= 0.3 is 5.97 Å². The predicted molar refractivity (Wildman–Crippen MR) is 112 cm³/mol. The first-order valence-electron chi connectivity index (χ1n) is 10.2. The zero-order chi connectivity index (χ0) is 20.9. The van der Waals surface area contributed by atoms with Crippen LogP contribution in [0, 0.1) is 6.92 Å². The van der Waals surface area contributed by atoms with E-state index in [-0.39, 0.29) is 12.5 Å². The van der Waals surface area contributed by atoms with Crippen LogP contribution >= 0.6 is 0 Å². The van der Waals surface area contributed by atoms with Crippen molar-refractivity contribution < 1.29 is 19.4 Å². The SMILES string of the molecule is CCC(CNC(=O)C1(c2ccc(C)cc2)CCOCC1)(C(=O)O)c1ccccc1. The van der Waals surface area contributed by atoms with Crippen molar-refractivity contribution in [3.63, 3.8) is 0 Å². The average molecular weight is 395 g/mol. The topological polar surface area (TPSA) is 75.6 Å². The quantitative estimate of drug-likeness (QED) is 0.751. The summed E-state index contributed by atoms with van der Waals surface area (Å²) in [5, 5.41) is 13.0. The van der Waals surface area contributed by atoms with E-state index in [0.717, 1.165) is 11.1 Å². The minimum absolute atomic E-state index is 0.0517. The molecule has 1 unspecified atom stereocenters. The molecule has 1 aliphatic rings. The van der Waals surface area contributed by atoms with Crippen molar-refractivity contribution in [1.29, 1.82) is 0 Å². The van der Waals surface area contributed by atoms with Gasteiger partial charge in [-0.25, -0.2) is 0 Å². The van der Waals surface area contributed by atoms with Crippen LogP contribution in [0.25, 0.3) is 0 Å². The summed E-state index contributed by atoms with van der Waals surface area (Å²) < 4.78 is 5.52. The van der Waals surface area contributed by atoms with E-state index >= 15 is 0 Å². The smallest absolute Gasteiger partial charge is 0.315 e. The first-order valence-corrected chi connectivity index (χ1v) is 10.2. The molecule has 0 spiro atoms.